The third-order valence-electron chi connectivity index (χ3n) is 6.67. The summed E-state index contributed by atoms with van der Waals surface area (Å²) in [6.07, 6.45) is 5.50. The topological polar surface area (TPSA) is 130 Å². The fourth-order valence-corrected chi connectivity index (χ4v) is 4.96. The average Bonchev–Trinajstić information content (AvgIpc) is 3.76. The second-order valence-electron chi connectivity index (χ2n) is 10.3. The smallest absolute Gasteiger partial charge is 0.251 e. The van der Waals surface area contributed by atoms with Gasteiger partial charge < -0.3 is 25.2 Å². The monoisotopic (exact) mass is 574 g/mol. The molecule has 40 heavy (non-hydrogen) atoms. The molecule has 1 aromatic heterocycles. The van der Waals surface area contributed by atoms with Crippen LogP contribution in [0.25, 0.3) is 0 Å². The number of pyridine rings is 1. The Labute approximate surface area is 237 Å². The Morgan fingerprint density at radius 1 is 1.18 bits per heavy atom. The first kappa shape index (κ1) is 31.5. The number of aliphatic hydroxyl groups excluding tert-OH is 1. The maximum atomic E-state index is 13.5. The lowest BCUT2D eigenvalue weighted by atomic mass is 10.0. The van der Waals surface area contributed by atoms with Gasteiger partial charge in [0.15, 0.2) is 0 Å². The van der Waals surface area contributed by atoms with E-state index in [4.69, 9.17) is 9.47 Å². The summed E-state index contributed by atoms with van der Waals surface area (Å²) in [5, 5.41) is 16.6. The second-order valence-corrected chi connectivity index (χ2v) is 12.8. The third kappa shape index (κ3) is 9.58. The summed E-state index contributed by atoms with van der Waals surface area (Å²) >= 11 is 0. The first-order chi connectivity index (χ1) is 19.1. The van der Waals surface area contributed by atoms with Crippen LogP contribution in [-0.4, -0.2) is 82.3 Å². The van der Waals surface area contributed by atoms with Crippen LogP contribution >= 0.6 is 0 Å². The number of benzene rings is 1. The highest BCUT2D eigenvalue weighted by Gasteiger charge is 2.27. The van der Waals surface area contributed by atoms with Crippen LogP contribution in [0.4, 0.5) is 5.82 Å². The molecule has 3 N–H and O–H groups in total. The number of nitrogens with zero attached hydrogens (tertiary/aromatic N) is 2. The fraction of sp³-hybridized carbons (Fsp3) is 0.517. The van der Waals surface area contributed by atoms with Crippen molar-refractivity contribution in [2.75, 3.05) is 44.8 Å². The lowest BCUT2D eigenvalue weighted by Gasteiger charge is -2.26. The standard InChI is InChI=1S/C29H42N4O6S/c1-21(2)40(36,37)33(3)27-17-24(18-28(32-27)39-15-9-8-14-38-4)29(35)31-25(16-22-10-6-5-7-11-22)26(34)20-30-19-23-12-13-23/h5-11,17-18,21,23,25-26,30,34H,12-16,19-20H2,1-4H3,(H,31,35)/b9-8-/t25-,26+/m0/s1. The second kappa shape index (κ2) is 15.1. The highest BCUT2D eigenvalue weighted by molar-refractivity contribution is 7.93. The van der Waals surface area contributed by atoms with Gasteiger partial charge in [-0.2, -0.15) is 4.98 Å². The van der Waals surface area contributed by atoms with E-state index in [1.807, 2.05) is 30.3 Å². The zero-order valence-corrected chi connectivity index (χ0v) is 24.6. The molecule has 1 fully saturated rings. The predicted octanol–water partition coefficient (Wildman–Crippen LogP) is 2.54. The van der Waals surface area contributed by atoms with Gasteiger partial charge in [-0.25, -0.2) is 8.42 Å². The van der Waals surface area contributed by atoms with Crippen LogP contribution in [0.1, 0.15) is 42.6 Å². The van der Waals surface area contributed by atoms with Gasteiger partial charge in [0.2, 0.25) is 15.9 Å². The normalized spacial score (nSPS) is 15.2. The fourth-order valence-electron chi connectivity index (χ4n) is 3.97. The molecule has 0 unspecified atom stereocenters. The summed E-state index contributed by atoms with van der Waals surface area (Å²) in [5.74, 6) is 0.345. The van der Waals surface area contributed by atoms with Gasteiger partial charge in [-0.05, 0) is 63.3 Å². The Bertz CT molecular complexity index is 1220. The number of hydrogen-bond donors (Lipinski definition) is 3. The number of aliphatic hydroxyl groups is 1. The minimum atomic E-state index is -3.71. The van der Waals surface area contributed by atoms with Gasteiger partial charge in [-0.1, -0.05) is 36.4 Å². The Balaban J connectivity index is 1.85. The van der Waals surface area contributed by atoms with Crippen molar-refractivity contribution in [2.24, 2.45) is 5.92 Å². The maximum absolute atomic E-state index is 13.5. The highest BCUT2D eigenvalue weighted by Crippen LogP contribution is 2.27. The number of anilines is 1. The summed E-state index contributed by atoms with van der Waals surface area (Å²) in [6, 6.07) is 11.9. The molecule has 1 amide bonds. The molecule has 1 saturated carbocycles. The Morgan fingerprint density at radius 2 is 1.88 bits per heavy atom. The lowest BCUT2D eigenvalue weighted by Crippen LogP contribution is -2.49. The molecule has 0 radical (unpaired) electrons. The number of aromatic nitrogens is 1. The van der Waals surface area contributed by atoms with Crippen LogP contribution in [-0.2, 0) is 21.2 Å². The molecule has 11 heteroatoms. The van der Waals surface area contributed by atoms with Gasteiger partial charge in [0.25, 0.3) is 5.91 Å². The molecular formula is C29H42N4O6S. The van der Waals surface area contributed by atoms with Crippen molar-refractivity contribution in [3.63, 3.8) is 0 Å². The molecule has 1 heterocycles. The molecular weight excluding hydrogens is 532 g/mol. The van der Waals surface area contributed by atoms with Crippen molar-refractivity contribution < 1.29 is 27.8 Å². The largest absolute Gasteiger partial charge is 0.473 e. The summed E-state index contributed by atoms with van der Waals surface area (Å²) in [7, 11) is -0.728. The molecule has 0 aliphatic heterocycles. The third-order valence-corrected chi connectivity index (χ3v) is 8.81. The molecule has 0 saturated heterocycles. The molecule has 2 aromatic rings. The number of ether oxygens (including phenoxy) is 2. The molecule has 2 atom stereocenters. The predicted molar refractivity (Wildman–Crippen MR) is 156 cm³/mol. The maximum Gasteiger partial charge on any atom is 0.251 e. The van der Waals surface area contributed by atoms with E-state index in [-0.39, 0.29) is 23.9 Å². The number of hydrogen-bond acceptors (Lipinski definition) is 8. The van der Waals surface area contributed by atoms with Gasteiger partial charge in [0, 0.05) is 32.3 Å². The van der Waals surface area contributed by atoms with Crippen molar-refractivity contribution in [1.29, 1.82) is 0 Å². The SMILES string of the molecule is COC/C=C\COc1cc(C(=O)N[C@@H](Cc2ccccc2)[C@H](O)CNCC2CC2)cc(N(C)S(=O)(=O)C(C)C)n1. The van der Waals surface area contributed by atoms with E-state index in [2.05, 4.69) is 15.6 Å². The van der Waals surface area contributed by atoms with Crippen LogP contribution in [0.5, 0.6) is 5.88 Å². The first-order valence-electron chi connectivity index (χ1n) is 13.6. The lowest BCUT2D eigenvalue weighted by molar-refractivity contribution is 0.0830. The van der Waals surface area contributed by atoms with E-state index in [0.29, 0.717) is 25.5 Å². The average molecular weight is 575 g/mol. The van der Waals surface area contributed by atoms with Crippen molar-refractivity contribution in [3.8, 4) is 5.88 Å². The first-order valence-corrected chi connectivity index (χ1v) is 15.1. The van der Waals surface area contributed by atoms with E-state index in [9.17, 15) is 18.3 Å². The van der Waals surface area contributed by atoms with Gasteiger partial charge in [0.1, 0.15) is 12.4 Å². The summed E-state index contributed by atoms with van der Waals surface area (Å²) in [6.45, 7) is 4.91. The van der Waals surface area contributed by atoms with Crippen molar-refractivity contribution in [1.82, 2.24) is 15.6 Å². The van der Waals surface area contributed by atoms with E-state index in [0.717, 1.165) is 16.4 Å². The highest BCUT2D eigenvalue weighted by atomic mass is 32.2. The number of sulfonamides is 1. The molecule has 0 spiro atoms. The number of rotatable bonds is 17. The summed E-state index contributed by atoms with van der Waals surface area (Å²) < 4.78 is 37.5. The van der Waals surface area contributed by atoms with E-state index < -0.39 is 33.3 Å². The van der Waals surface area contributed by atoms with E-state index >= 15 is 0 Å². The Hall–Kier alpha value is -2.99. The molecule has 1 aliphatic rings. The van der Waals surface area contributed by atoms with Gasteiger partial charge in [-0.3, -0.25) is 9.10 Å². The number of amides is 1. The van der Waals surface area contributed by atoms with Crippen LogP contribution < -0.4 is 19.7 Å². The minimum absolute atomic E-state index is 0.0588. The van der Waals surface area contributed by atoms with E-state index in [1.54, 1.807) is 33.1 Å². The van der Waals surface area contributed by atoms with Crippen molar-refractivity contribution in [3.05, 3.63) is 65.7 Å². The van der Waals surface area contributed by atoms with Gasteiger partial charge in [-0.15, -0.1) is 0 Å². The molecule has 0 bridgehead atoms. The molecule has 10 nitrogen and oxygen atoms in total. The van der Waals surface area contributed by atoms with Crippen molar-refractivity contribution >= 4 is 21.7 Å². The molecule has 3 rings (SSSR count). The van der Waals surface area contributed by atoms with Crippen molar-refractivity contribution in [2.45, 2.75) is 50.5 Å². The van der Waals surface area contributed by atoms with Gasteiger partial charge >= 0.3 is 0 Å². The minimum Gasteiger partial charge on any atom is -0.473 e. The summed E-state index contributed by atoms with van der Waals surface area (Å²) in [4.78, 5) is 17.9. The van der Waals surface area contributed by atoms with Gasteiger partial charge in [0.05, 0.1) is 24.0 Å². The quantitative estimate of drug-likeness (QED) is 0.246. The zero-order chi connectivity index (χ0) is 29.1. The van der Waals surface area contributed by atoms with Crippen LogP contribution in [0.3, 0.4) is 0 Å². The molecule has 1 aliphatic carbocycles. The van der Waals surface area contributed by atoms with Crippen LogP contribution in [0.2, 0.25) is 0 Å². The summed E-state index contributed by atoms with van der Waals surface area (Å²) in [5.41, 5.74) is 1.14. The zero-order valence-electron chi connectivity index (χ0n) is 23.7. The number of nitrogens with one attached hydrogen (secondary N) is 2. The number of methoxy groups -OCH3 is 1. The van der Waals surface area contributed by atoms with Crippen LogP contribution in [0, 0.1) is 5.92 Å². The van der Waals surface area contributed by atoms with Crippen LogP contribution in [0.15, 0.2) is 54.6 Å². The van der Waals surface area contributed by atoms with E-state index in [1.165, 1.54) is 32.0 Å². The number of carbonyl (C=O) groups excluding carboxylic acids is 1. The Morgan fingerprint density at radius 3 is 2.52 bits per heavy atom. The Kier molecular flexibility index (Phi) is 11.9. The number of carbonyl (C=O) groups is 1. The molecule has 1 aromatic carbocycles. The molecule has 220 valence electrons.